The van der Waals surface area contributed by atoms with Crippen LogP contribution in [0.15, 0.2) is 97.1 Å². The number of anilines is 2. The monoisotopic (exact) mass is 1170 g/mol. The van der Waals surface area contributed by atoms with Crippen molar-refractivity contribution < 1.29 is 46.1 Å². The number of allylic oxidation sites excluding steroid dienone is 2. The molecule has 4 N–H and O–H groups in total. The molecule has 4 bridgehead atoms. The van der Waals surface area contributed by atoms with Gasteiger partial charge < -0.3 is 29.5 Å². The Balaban J connectivity index is 0.000000169. The molecular weight excluding hydrogens is 1100 g/mol. The van der Waals surface area contributed by atoms with Gasteiger partial charge in [0.25, 0.3) is 11.8 Å². The van der Waals surface area contributed by atoms with Crippen LogP contribution in [0.25, 0.3) is 0 Å². The molecule has 0 radical (unpaired) electrons. The molecule has 8 aliphatic rings. The maximum absolute atomic E-state index is 13.1. The highest BCUT2D eigenvalue weighted by Gasteiger charge is 2.46. The molecule has 0 saturated heterocycles. The topological polar surface area (TPSA) is 192 Å². The molecule has 0 aromatic heterocycles. The molecule has 4 aromatic carbocycles. The average Bonchev–Trinajstić information content (AvgIpc) is 3.87. The van der Waals surface area contributed by atoms with Gasteiger partial charge in [-0.3, -0.25) is 9.59 Å². The van der Waals surface area contributed by atoms with Crippen molar-refractivity contribution >= 4 is 66.4 Å². The van der Waals surface area contributed by atoms with Crippen molar-refractivity contribution in [3.8, 4) is 11.5 Å². The number of aryl methyl sites for hydroxylation is 2. The number of sulfonamides is 2. The van der Waals surface area contributed by atoms with Crippen molar-refractivity contribution in [1.82, 2.24) is 9.44 Å². The summed E-state index contributed by atoms with van der Waals surface area (Å²) in [6, 6.07) is 22.7. The Morgan fingerprint density at radius 1 is 0.562 bits per heavy atom. The number of fused-ring (bicyclic) bond motifs is 8. The van der Waals surface area contributed by atoms with Gasteiger partial charge in [-0.1, -0.05) is 73.5 Å². The molecule has 2 amide bonds. The smallest absolute Gasteiger partial charge is 0.264 e. The third kappa shape index (κ3) is 12.0. The number of rotatable bonds is 0. The number of aliphatic hydroxyl groups excluding tert-OH is 2. The fourth-order valence-corrected chi connectivity index (χ4v) is 16.6. The van der Waals surface area contributed by atoms with E-state index < -0.39 is 44.1 Å². The van der Waals surface area contributed by atoms with E-state index in [1.165, 1.54) is 22.3 Å². The number of hydrogen-bond acceptors (Lipinski definition) is 12. The van der Waals surface area contributed by atoms with Crippen LogP contribution in [-0.4, -0.2) is 102 Å². The quantitative estimate of drug-likeness (QED) is 0.122. The zero-order valence-electron chi connectivity index (χ0n) is 45.6. The Hall–Kier alpha value is -5.10. The second kappa shape index (κ2) is 22.9. The van der Waals surface area contributed by atoms with Crippen LogP contribution < -0.4 is 28.7 Å². The number of aliphatic hydroxyl groups is 2. The van der Waals surface area contributed by atoms with E-state index in [4.69, 9.17) is 32.7 Å². The number of nitrogens with one attached hydrogen (secondary N) is 2. The van der Waals surface area contributed by atoms with E-state index in [0.29, 0.717) is 50.6 Å². The molecule has 428 valence electrons. The molecule has 80 heavy (non-hydrogen) atoms. The number of halogens is 2. The molecule has 4 aliphatic heterocycles. The molecule has 10 atom stereocenters. The Kier molecular flexibility index (Phi) is 16.3. The van der Waals surface area contributed by atoms with Crippen molar-refractivity contribution in [3.63, 3.8) is 0 Å². The first-order chi connectivity index (χ1) is 38.2. The summed E-state index contributed by atoms with van der Waals surface area (Å²) in [5.74, 6) is 0.527. The van der Waals surface area contributed by atoms with Crippen molar-refractivity contribution in [2.45, 2.75) is 114 Å². The van der Waals surface area contributed by atoms with Gasteiger partial charge in [-0.05, 0) is 195 Å². The highest BCUT2D eigenvalue weighted by Crippen LogP contribution is 2.49. The van der Waals surface area contributed by atoms with Gasteiger partial charge in [-0.2, -0.15) is 0 Å². The second-order valence-electron chi connectivity index (χ2n) is 24.4. The minimum Gasteiger partial charge on any atom is -0.490 e. The summed E-state index contributed by atoms with van der Waals surface area (Å²) >= 11 is 12.7. The van der Waals surface area contributed by atoms with Crippen LogP contribution in [0.1, 0.15) is 121 Å². The van der Waals surface area contributed by atoms with Crippen molar-refractivity contribution in [3.05, 3.63) is 141 Å². The number of hydrogen-bond donors (Lipinski definition) is 4. The molecule has 2 fully saturated rings. The van der Waals surface area contributed by atoms with Crippen molar-refractivity contribution in [2.24, 2.45) is 35.5 Å². The van der Waals surface area contributed by atoms with E-state index in [1.54, 1.807) is 36.4 Å². The van der Waals surface area contributed by atoms with Crippen LogP contribution in [0.3, 0.4) is 0 Å². The first-order valence-corrected chi connectivity index (χ1v) is 32.7. The maximum Gasteiger partial charge on any atom is 0.264 e. The summed E-state index contributed by atoms with van der Waals surface area (Å²) in [6.07, 6.45) is 16.9. The van der Waals surface area contributed by atoms with Gasteiger partial charge in [0.2, 0.25) is 20.0 Å². The predicted octanol–water partition coefficient (Wildman–Crippen LogP) is 9.71. The minimum absolute atomic E-state index is 0.0406. The van der Waals surface area contributed by atoms with Crippen LogP contribution in [0.4, 0.5) is 11.4 Å². The lowest BCUT2D eigenvalue weighted by atomic mass is 9.68. The van der Waals surface area contributed by atoms with Crippen LogP contribution in [0, 0.1) is 35.5 Å². The molecule has 2 spiro atoms. The van der Waals surface area contributed by atoms with E-state index >= 15 is 0 Å². The first-order valence-electron chi connectivity index (χ1n) is 28.7. The van der Waals surface area contributed by atoms with E-state index in [2.05, 4.69) is 43.5 Å². The zero-order valence-corrected chi connectivity index (χ0v) is 48.8. The number of ether oxygens (including phenoxy) is 2. The number of benzene rings is 4. The lowest BCUT2D eigenvalue weighted by Crippen LogP contribution is -2.49. The van der Waals surface area contributed by atoms with Gasteiger partial charge in [-0.25, -0.2) is 26.3 Å². The Morgan fingerprint density at radius 2 is 0.988 bits per heavy atom. The Labute approximate surface area is 481 Å². The third-order valence-corrected chi connectivity index (χ3v) is 21.8. The highest BCUT2D eigenvalue weighted by molar-refractivity contribution is 7.90. The van der Waals surface area contributed by atoms with Crippen LogP contribution in [-0.2, 0) is 43.7 Å². The van der Waals surface area contributed by atoms with Gasteiger partial charge >= 0.3 is 0 Å². The van der Waals surface area contributed by atoms with Crippen LogP contribution in [0.2, 0.25) is 10.0 Å². The first kappa shape index (κ1) is 56.7. The van der Waals surface area contributed by atoms with Gasteiger partial charge in [0.15, 0.2) is 0 Å². The largest absolute Gasteiger partial charge is 0.490 e. The van der Waals surface area contributed by atoms with Gasteiger partial charge in [0, 0.05) is 58.2 Å². The number of carbonyl (C=O) groups is 2. The maximum atomic E-state index is 13.1. The number of carbonyl (C=O) groups excluding carboxylic acids is 2. The normalized spacial score (nSPS) is 32.5. The average molecular weight is 1170 g/mol. The molecule has 2 saturated carbocycles. The summed E-state index contributed by atoms with van der Waals surface area (Å²) in [5.41, 5.74) is 6.67. The minimum atomic E-state index is -3.82. The second-order valence-corrected chi connectivity index (χ2v) is 28.9. The molecule has 14 nitrogen and oxygen atoms in total. The van der Waals surface area contributed by atoms with Gasteiger partial charge in [-0.15, -0.1) is 0 Å². The fraction of sp³-hybridized carbons (Fsp3) is 0.516. The van der Waals surface area contributed by atoms with E-state index in [9.17, 15) is 36.6 Å². The van der Waals surface area contributed by atoms with Crippen molar-refractivity contribution in [2.75, 3.05) is 60.7 Å². The van der Waals surface area contributed by atoms with E-state index in [0.717, 1.165) is 98.7 Å². The number of nitrogens with zero attached hydrogens (tertiary/aromatic N) is 2. The fourth-order valence-electron chi connectivity index (χ4n) is 13.9. The highest BCUT2D eigenvalue weighted by atomic mass is 35.5. The van der Waals surface area contributed by atoms with Crippen molar-refractivity contribution in [1.29, 1.82) is 0 Å². The lowest BCUT2D eigenvalue weighted by Gasteiger charge is -2.45. The molecule has 4 heterocycles. The zero-order chi connectivity index (χ0) is 56.1. The Morgan fingerprint density at radius 3 is 1.39 bits per heavy atom. The molecule has 18 heteroatoms. The molecule has 0 unspecified atom stereocenters. The van der Waals surface area contributed by atoms with Gasteiger partial charge in [0.1, 0.15) is 11.5 Å². The summed E-state index contributed by atoms with van der Waals surface area (Å²) < 4.78 is 68.4. The summed E-state index contributed by atoms with van der Waals surface area (Å²) in [7, 11) is -7.63. The van der Waals surface area contributed by atoms with E-state index in [-0.39, 0.29) is 69.0 Å². The third-order valence-electron chi connectivity index (χ3n) is 18.8. The van der Waals surface area contributed by atoms with Crippen LogP contribution in [0.5, 0.6) is 11.5 Å². The molecule has 4 aliphatic carbocycles. The Bertz CT molecular complexity index is 3100. The predicted molar refractivity (Wildman–Crippen MR) is 313 cm³/mol. The standard InChI is InChI=1S/2C31H37ClN2O5S/c2*1-20-4-10-28(35)25-8-5-23(25)17-34-18-31(13-2-3-21-15-24(32)7-9-26(21)31)19-39-29-11-6-22(16-27(29)34)30(36)33-40(37,38)14-12-20/h2*4,6-7,9-11,15-16,20,23,25,28,35H,2-3,5,8,12-14,17-19H2,1H3,(H,33,36)/b2*10-4+/t20-,23+,25-,28+,31+;20-,23-,25+,28-,31-/m10/s1. The summed E-state index contributed by atoms with van der Waals surface area (Å²) in [6.45, 7) is 7.70. The SMILES string of the molecule is C[C@@H]1/C=C/[C@H](O)[C@@H]2CC[C@H]2CN2C[C@@]3(CCCc4cc(Cl)ccc43)COc3ccc(cc32)C(=O)NS(=O)(=O)CC1.C[C@H]1/C=C/[C@H](O)[C@@H]2CC[C@H]2CN2C[C@@]3(CCCc4cc(Cl)ccc43)COc3ccc(cc32)C(=O)NS(=O)(=O)CC1. The van der Waals surface area contributed by atoms with E-state index in [1.807, 2.05) is 50.3 Å². The lowest BCUT2D eigenvalue weighted by molar-refractivity contribution is 0.0453. The van der Waals surface area contributed by atoms with Gasteiger partial charge in [0.05, 0.1) is 48.3 Å². The summed E-state index contributed by atoms with van der Waals surface area (Å²) in [4.78, 5) is 30.9. The number of amides is 2. The molecular formula is C62H74Cl2N4O10S2. The molecule has 12 rings (SSSR count). The molecule has 4 aromatic rings. The summed E-state index contributed by atoms with van der Waals surface area (Å²) in [5, 5.41) is 23.6. The van der Waals surface area contributed by atoms with Crippen LogP contribution >= 0.6 is 23.2 Å².